The quantitative estimate of drug-likeness (QED) is 0.0595. The Morgan fingerprint density at radius 1 is 0.778 bits per heavy atom. The molecule has 336 valence electrons. The number of carbonyl (C=O) groups is 2. The summed E-state index contributed by atoms with van der Waals surface area (Å²) in [6.07, 6.45) is 2.65. The molecule has 1 saturated heterocycles. The fraction of sp³-hybridized carbons (Fsp3) is 0.356. The Morgan fingerprint density at radius 2 is 1.41 bits per heavy atom. The summed E-state index contributed by atoms with van der Waals surface area (Å²) in [7, 11) is 0.729. The van der Waals surface area contributed by atoms with Crippen molar-refractivity contribution < 1.29 is 42.1 Å². The van der Waals surface area contributed by atoms with E-state index < -0.39 is 16.1 Å². The highest BCUT2D eigenvalue weighted by Crippen LogP contribution is 2.40. The molecule has 63 heavy (non-hydrogen) atoms. The highest BCUT2D eigenvalue weighted by molar-refractivity contribution is 7.92. The summed E-state index contributed by atoms with van der Waals surface area (Å²) in [5, 5.41) is 22.6. The Bertz CT molecular complexity index is 2520. The lowest BCUT2D eigenvalue weighted by Crippen LogP contribution is -2.49. The molecule has 0 saturated carbocycles. The average molecular weight is 885 g/mol. The zero-order valence-corrected chi connectivity index (χ0v) is 37.4. The van der Waals surface area contributed by atoms with Crippen molar-refractivity contribution in [1.29, 1.82) is 0 Å². The number of amides is 3. The van der Waals surface area contributed by atoms with Gasteiger partial charge in [0.05, 0.1) is 51.3 Å². The molecule has 0 unspecified atom stereocenters. The normalized spacial score (nSPS) is 13.5. The Balaban J connectivity index is 1.15. The van der Waals surface area contributed by atoms with Gasteiger partial charge < -0.3 is 45.3 Å². The molecule has 0 aliphatic carbocycles. The second-order valence-corrected chi connectivity index (χ2v) is 17.7. The van der Waals surface area contributed by atoms with Crippen molar-refractivity contribution in [3.63, 3.8) is 0 Å². The maximum atomic E-state index is 13.6. The van der Waals surface area contributed by atoms with Crippen LogP contribution in [0, 0.1) is 0 Å². The van der Waals surface area contributed by atoms with E-state index in [0.29, 0.717) is 65.2 Å². The van der Waals surface area contributed by atoms with Crippen LogP contribution in [0.2, 0.25) is 0 Å². The van der Waals surface area contributed by atoms with E-state index in [9.17, 15) is 23.1 Å². The average Bonchev–Trinajstić information content (AvgIpc) is 3.24. The number of benzene rings is 4. The van der Waals surface area contributed by atoms with Crippen LogP contribution in [0.3, 0.4) is 0 Å². The largest absolute Gasteiger partial charge is 0.496 e. The van der Waals surface area contributed by atoms with Crippen molar-refractivity contribution in [2.24, 2.45) is 0 Å². The third-order valence-corrected chi connectivity index (χ3v) is 11.0. The maximum absolute atomic E-state index is 13.6. The molecule has 1 aliphatic heterocycles. The SMILES string of the molecule is COc1cc(Nc2cc(Oc3ccc(NC(=O)Nc4cc(C(C)(C)C)cc(NS(C)(=O)=O)c4OC)c4ccccc34)ccn2)cc(OC)c1C(=O)NCCN1CCN(CCO)CC1. The number of pyridine rings is 1. The highest BCUT2D eigenvalue weighted by atomic mass is 32.2. The van der Waals surface area contributed by atoms with Gasteiger partial charge in [0.2, 0.25) is 10.0 Å². The number of urea groups is 1. The molecule has 0 radical (unpaired) electrons. The summed E-state index contributed by atoms with van der Waals surface area (Å²) in [6, 6.07) is 20.7. The fourth-order valence-electron chi connectivity index (χ4n) is 7.22. The molecule has 0 bridgehead atoms. The van der Waals surface area contributed by atoms with E-state index >= 15 is 0 Å². The summed E-state index contributed by atoms with van der Waals surface area (Å²) >= 11 is 0. The lowest BCUT2D eigenvalue weighted by molar-refractivity contribution is 0.0920. The molecule has 1 fully saturated rings. The molecule has 18 heteroatoms. The van der Waals surface area contributed by atoms with E-state index in [4.69, 9.17) is 18.9 Å². The van der Waals surface area contributed by atoms with Crippen molar-refractivity contribution in [3.8, 4) is 28.7 Å². The number of anilines is 5. The standard InChI is InChI=1S/C45H56N8O9S/c1-45(2,3)29-24-35(42(61-6)36(25-29)51-63(7,57)58)50-44(56)49-34-12-13-37(33-11-9-8-10-32(33)34)62-31-14-15-46-40(28-31)48-30-26-38(59-4)41(39(27-30)60-5)43(55)47-16-17-52-18-20-53(21-19-52)22-23-54/h8-15,24-28,51,54H,16-23H2,1-7H3,(H,46,48)(H,47,55)(H2,49,50,56). The molecule has 2 heterocycles. The van der Waals surface area contributed by atoms with E-state index in [-0.39, 0.29) is 40.6 Å². The predicted octanol–water partition coefficient (Wildman–Crippen LogP) is 6.45. The number of fused-ring (bicyclic) bond motifs is 1. The number of piperazine rings is 1. The Kier molecular flexibility index (Phi) is 14.8. The van der Waals surface area contributed by atoms with Gasteiger partial charge >= 0.3 is 6.03 Å². The summed E-state index contributed by atoms with van der Waals surface area (Å²) in [4.78, 5) is 35.9. The number of aliphatic hydroxyl groups excluding tert-OH is 1. The van der Waals surface area contributed by atoms with Crippen LogP contribution in [0.1, 0.15) is 36.7 Å². The fourth-order valence-corrected chi connectivity index (χ4v) is 7.77. The van der Waals surface area contributed by atoms with Gasteiger partial charge in [0.25, 0.3) is 5.91 Å². The molecule has 6 N–H and O–H groups in total. The number of ether oxygens (including phenoxy) is 4. The highest BCUT2D eigenvalue weighted by Gasteiger charge is 2.24. The number of β-amino-alcohol motifs (C(OH)–C–C–N with tert-alkyl or cyclic N) is 1. The number of rotatable bonds is 17. The molecular formula is C45H56N8O9S. The number of nitrogens with one attached hydrogen (secondary N) is 5. The molecule has 3 amide bonds. The van der Waals surface area contributed by atoms with Gasteiger partial charge in [-0.3, -0.25) is 19.3 Å². The number of hydrogen-bond acceptors (Lipinski definition) is 13. The number of aliphatic hydroxyl groups is 1. The molecular weight excluding hydrogens is 829 g/mol. The van der Waals surface area contributed by atoms with Crippen LogP contribution in [-0.2, 0) is 15.4 Å². The number of carbonyl (C=O) groups excluding carboxylic acids is 2. The number of sulfonamides is 1. The van der Waals surface area contributed by atoms with Gasteiger partial charge in [0, 0.05) is 86.7 Å². The molecule has 5 aromatic rings. The number of methoxy groups -OCH3 is 3. The minimum absolute atomic E-state index is 0.149. The first-order valence-corrected chi connectivity index (χ1v) is 22.3. The number of nitrogens with zero attached hydrogens (tertiary/aromatic N) is 3. The Morgan fingerprint density at radius 3 is 2.03 bits per heavy atom. The van der Waals surface area contributed by atoms with Gasteiger partial charge in [0.1, 0.15) is 34.4 Å². The number of hydrogen-bond donors (Lipinski definition) is 6. The summed E-state index contributed by atoms with van der Waals surface area (Å²) in [6.45, 7) is 11.4. The van der Waals surface area contributed by atoms with Gasteiger partial charge in [-0.05, 0) is 41.3 Å². The summed E-state index contributed by atoms with van der Waals surface area (Å²) < 4.78 is 50.2. The molecule has 0 atom stereocenters. The van der Waals surface area contributed by atoms with Crippen molar-refractivity contribution in [3.05, 3.63) is 90.1 Å². The van der Waals surface area contributed by atoms with E-state index in [2.05, 4.69) is 40.8 Å². The molecule has 6 rings (SSSR count). The van der Waals surface area contributed by atoms with Crippen molar-refractivity contribution in [2.75, 3.05) is 101 Å². The zero-order chi connectivity index (χ0) is 45.3. The van der Waals surface area contributed by atoms with Crippen molar-refractivity contribution >= 4 is 61.3 Å². The molecule has 1 aliphatic rings. The van der Waals surface area contributed by atoms with Crippen LogP contribution in [0.4, 0.5) is 33.4 Å². The van der Waals surface area contributed by atoms with Gasteiger partial charge in [-0.25, -0.2) is 18.2 Å². The first kappa shape index (κ1) is 46.2. The lowest BCUT2D eigenvalue weighted by atomic mass is 9.86. The third kappa shape index (κ3) is 12.0. The molecule has 17 nitrogen and oxygen atoms in total. The summed E-state index contributed by atoms with van der Waals surface area (Å²) in [5.74, 6) is 1.93. The minimum atomic E-state index is -3.65. The lowest BCUT2D eigenvalue weighted by Gasteiger charge is -2.34. The van der Waals surface area contributed by atoms with Crippen molar-refractivity contribution in [1.82, 2.24) is 20.1 Å². The van der Waals surface area contributed by atoms with Gasteiger partial charge in [0.15, 0.2) is 5.75 Å². The first-order chi connectivity index (χ1) is 30.1. The topological polar surface area (TPSA) is 205 Å². The zero-order valence-electron chi connectivity index (χ0n) is 36.6. The molecule has 0 spiro atoms. The second-order valence-electron chi connectivity index (χ2n) is 16.0. The van der Waals surface area contributed by atoms with Gasteiger partial charge in [-0.2, -0.15) is 0 Å². The Hall–Kier alpha value is -6.34. The van der Waals surface area contributed by atoms with E-state index in [1.165, 1.54) is 21.3 Å². The van der Waals surface area contributed by atoms with Crippen LogP contribution in [0.5, 0.6) is 28.7 Å². The summed E-state index contributed by atoms with van der Waals surface area (Å²) in [5.41, 5.74) is 2.22. The maximum Gasteiger partial charge on any atom is 0.323 e. The van der Waals surface area contributed by atoms with Gasteiger partial charge in [-0.1, -0.05) is 45.0 Å². The third-order valence-electron chi connectivity index (χ3n) is 10.4. The number of aromatic nitrogens is 1. The monoisotopic (exact) mass is 884 g/mol. The molecule has 1 aromatic heterocycles. The smallest absolute Gasteiger partial charge is 0.323 e. The van der Waals surface area contributed by atoms with Crippen LogP contribution in [0.15, 0.2) is 79.0 Å². The molecule has 4 aromatic carbocycles. The van der Waals surface area contributed by atoms with E-state index in [0.717, 1.165) is 43.4 Å². The van der Waals surface area contributed by atoms with Crippen LogP contribution in [0.25, 0.3) is 10.8 Å². The van der Waals surface area contributed by atoms with Crippen LogP contribution >= 0.6 is 0 Å². The van der Waals surface area contributed by atoms with E-state index in [1.54, 1.807) is 54.7 Å². The minimum Gasteiger partial charge on any atom is -0.496 e. The second kappa shape index (κ2) is 20.2. The van der Waals surface area contributed by atoms with Gasteiger partial charge in [-0.15, -0.1) is 0 Å². The van der Waals surface area contributed by atoms with E-state index in [1.807, 2.05) is 45.0 Å². The van der Waals surface area contributed by atoms with Crippen LogP contribution in [-0.4, -0.2) is 120 Å². The Labute approximate surface area is 368 Å². The first-order valence-electron chi connectivity index (χ1n) is 20.4. The van der Waals surface area contributed by atoms with Crippen LogP contribution < -0.4 is 44.9 Å². The van der Waals surface area contributed by atoms with Crippen molar-refractivity contribution in [2.45, 2.75) is 26.2 Å². The predicted molar refractivity (Wildman–Crippen MR) is 246 cm³/mol.